The molecule has 0 aliphatic rings. The van der Waals surface area contributed by atoms with Crippen LogP contribution in [0.1, 0.15) is 349 Å². The molecule has 5 atom stereocenters. The fraction of sp³-hybridized carbons (Fsp3) is 0.759. The van der Waals surface area contributed by atoms with Gasteiger partial charge < -0.3 is 33.8 Å². The lowest BCUT2D eigenvalue weighted by atomic mass is 10.1. The Morgan fingerprint density at radius 2 is 0.510 bits per heavy atom. The normalized spacial score (nSPS) is 14.4. The smallest absolute Gasteiger partial charge is 0.462 e. The summed E-state index contributed by atoms with van der Waals surface area (Å²) in [6.07, 6.45) is 79.5. The number of allylic oxidation sites excluding steroid dienone is 16. The van der Waals surface area contributed by atoms with E-state index in [1.807, 2.05) is 0 Å². The van der Waals surface area contributed by atoms with Crippen molar-refractivity contribution < 1.29 is 80.2 Å². The Bertz CT molecular complexity index is 2310. The zero-order valence-electron chi connectivity index (χ0n) is 64.5. The first-order chi connectivity index (χ1) is 49.7. The van der Waals surface area contributed by atoms with E-state index < -0.39 is 97.5 Å². The maximum absolute atomic E-state index is 13.1. The van der Waals surface area contributed by atoms with Crippen molar-refractivity contribution in [2.75, 3.05) is 39.6 Å². The third kappa shape index (κ3) is 74.3. The van der Waals surface area contributed by atoms with Gasteiger partial charge in [0.05, 0.1) is 26.4 Å². The highest BCUT2D eigenvalue weighted by Crippen LogP contribution is 2.45. The maximum Gasteiger partial charge on any atom is 0.472 e. The predicted octanol–water partition coefficient (Wildman–Crippen LogP) is 23.6. The summed E-state index contributed by atoms with van der Waals surface area (Å²) in [5, 5.41) is 10.6. The molecule has 0 aromatic carbocycles. The van der Waals surface area contributed by atoms with Crippen LogP contribution in [0.15, 0.2) is 97.2 Å². The first-order valence-electron chi connectivity index (χ1n) is 40.5. The van der Waals surface area contributed by atoms with Crippen LogP contribution in [0.25, 0.3) is 0 Å². The lowest BCUT2D eigenvalue weighted by Crippen LogP contribution is -2.30. The minimum atomic E-state index is -4.98. The van der Waals surface area contributed by atoms with E-state index in [1.165, 1.54) is 77.0 Å². The quantitative estimate of drug-likeness (QED) is 0.0169. The Balaban J connectivity index is 5.34. The average molecular weight is 1480 g/mol. The van der Waals surface area contributed by atoms with Crippen LogP contribution < -0.4 is 0 Å². The number of hydrogen-bond donors (Lipinski definition) is 3. The molecule has 19 heteroatoms. The number of phosphoric ester groups is 2. The van der Waals surface area contributed by atoms with E-state index in [2.05, 4.69) is 125 Å². The third-order valence-corrected chi connectivity index (χ3v) is 18.9. The van der Waals surface area contributed by atoms with Crippen molar-refractivity contribution in [3.05, 3.63) is 97.2 Å². The van der Waals surface area contributed by atoms with Crippen molar-refractivity contribution in [3.8, 4) is 0 Å². The van der Waals surface area contributed by atoms with Gasteiger partial charge in [0.15, 0.2) is 12.2 Å². The standard InChI is InChI=1S/C83H146O17P2/c1-5-9-13-17-21-25-29-32-35-37-38-40-42-45-49-52-56-60-64-68-81(86)94-74-79(100-83(88)70-66-62-58-54-50-46-43-39-36-33-30-26-22-18-14-10-6-2)76-98-102(91,92)96-72-77(84)71-95-101(89,90)97-75-78(99-82(87)69-65-61-57-53-47-28-24-20-16-12-8-4)73-93-80(85)67-63-59-55-51-48-44-41-34-31-27-23-19-15-11-7-3/h10,14,21-23,25-27,32-36,38,40-41,77-79,84H,5-9,11-13,15-20,24,28-31,37,39,42-76H2,1-4H3,(H,89,90)(H,91,92)/b14-10-,25-21-,26-22-,27-23-,35-32-,36-33-,40-38-,41-34-. The van der Waals surface area contributed by atoms with Gasteiger partial charge in [0.2, 0.25) is 0 Å². The molecule has 0 heterocycles. The summed E-state index contributed by atoms with van der Waals surface area (Å²) in [6, 6.07) is 0. The molecule has 0 aliphatic heterocycles. The van der Waals surface area contributed by atoms with E-state index in [4.69, 9.17) is 37.0 Å². The summed E-state index contributed by atoms with van der Waals surface area (Å²) < 4.78 is 68.6. The predicted molar refractivity (Wildman–Crippen MR) is 418 cm³/mol. The molecular formula is C83H146O17P2. The van der Waals surface area contributed by atoms with E-state index in [1.54, 1.807) is 0 Å². The van der Waals surface area contributed by atoms with Crippen LogP contribution in [0.2, 0.25) is 0 Å². The van der Waals surface area contributed by atoms with Crippen molar-refractivity contribution >= 4 is 39.5 Å². The number of ether oxygens (including phenoxy) is 4. The Morgan fingerprint density at radius 1 is 0.284 bits per heavy atom. The molecule has 102 heavy (non-hydrogen) atoms. The van der Waals surface area contributed by atoms with Gasteiger partial charge in [-0.15, -0.1) is 0 Å². The topological polar surface area (TPSA) is 237 Å². The molecule has 3 N–H and O–H groups in total. The molecule has 0 fully saturated rings. The Morgan fingerprint density at radius 3 is 0.804 bits per heavy atom. The molecule has 17 nitrogen and oxygen atoms in total. The van der Waals surface area contributed by atoms with E-state index in [0.717, 1.165) is 193 Å². The Hall–Kier alpha value is -4.02. The van der Waals surface area contributed by atoms with Crippen molar-refractivity contribution in [2.24, 2.45) is 0 Å². The van der Waals surface area contributed by atoms with Crippen molar-refractivity contribution in [1.82, 2.24) is 0 Å². The lowest BCUT2D eigenvalue weighted by Gasteiger charge is -2.21. The highest BCUT2D eigenvalue weighted by molar-refractivity contribution is 7.47. The number of phosphoric acid groups is 2. The van der Waals surface area contributed by atoms with Crippen molar-refractivity contribution in [3.63, 3.8) is 0 Å². The van der Waals surface area contributed by atoms with Crippen LogP contribution in [0.5, 0.6) is 0 Å². The zero-order valence-corrected chi connectivity index (χ0v) is 66.3. The maximum atomic E-state index is 13.1. The fourth-order valence-electron chi connectivity index (χ4n) is 10.9. The summed E-state index contributed by atoms with van der Waals surface area (Å²) in [5.41, 5.74) is 0. The van der Waals surface area contributed by atoms with Crippen LogP contribution in [-0.2, 0) is 65.4 Å². The van der Waals surface area contributed by atoms with Gasteiger partial charge in [-0.25, -0.2) is 9.13 Å². The second kappa shape index (κ2) is 75.2. The molecular weight excluding hydrogens is 1330 g/mol. The molecule has 0 amide bonds. The van der Waals surface area contributed by atoms with Crippen LogP contribution in [0.3, 0.4) is 0 Å². The Labute approximate surface area is 620 Å². The lowest BCUT2D eigenvalue weighted by molar-refractivity contribution is -0.161. The minimum absolute atomic E-state index is 0.0808. The van der Waals surface area contributed by atoms with Gasteiger partial charge in [-0.2, -0.15) is 0 Å². The van der Waals surface area contributed by atoms with E-state index in [9.17, 15) is 43.2 Å². The molecule has 0 rings (SSSR count). The number of aliphatic hydroxyl groups excluding tert-OH is 1. The molecule has 0 saturated carbocycles. The van der Waals surface area contributed by atoms with Crippen molar-refractivity contribution in [2.45, 2.75) is 367 Å². The second-order valence-corrected chi connectivity index (χ2v) is 29.9. The summed E-state index contributed by atoms with van der Waals surface area (Å²) in [6.45, 7) is 4.71. The van der Waals surface area contributed by atoms with Gasteiger partial charge in [0.25, 0.3) is 0 Å². The first kappa shape index (κ1) is 98.0. The average Bonchev–Trinajstić information content (AvgIpc) is 0.927. The summed E-state index contributed by atoms with van der Waals surface area (Å²) in [4.78, 5) is 73.0. The van der Waals surface area contributed by atoms with Gasteiger partial charge in [-0.1, -0.05) is 292 Å². The van der Waals surface area contributed by atoms with Gasteiger partial charge >= 0.3 is 39.5 Å². The molecule has 0 saturated heterocycles. The van der Waals surface area contributed by atoms with Gasteiger partial charge in [0, 0.05) is 25.7 Å². The molecule has 0 spiro atoms. The summed E-state index contributed by atoms with van der Waals surface area (Å²) in [7, 11) is -9.96. The van der Waals surface area contributed by atoms with Gasteiger partial charge in [0.1, 0.15) is 19.3 Å². The Kier molecular flexibility index (Phi) is 72.3. The largest absolute Gasteiger partial charge is 0.472 e. The van der Waals surface area contributed by atoms with Crippen molar-refractivity contribution in [1.29, 1.82) is 0 Å². The highest BCUT2D eigenvalue weighted by atomic mass is 31.2. The number of aliphatic hydroxyl groups is 1. The van der Waals surface area contributed by atoms with Gasteiger partial charge in [-0.05, 0) is 128 Å². The first-order valence-corrected chi connectivity index (χ1v) is 43.5. The molecule has 5 unspecified atom stereocenters. The van der Waals surface area contributed by atoms with E-state index in [-0.39, 0.29) is 25.7 Å². The third-order valence-electron chi connectivity index (χ3n) is 17.0. The van der Waals surface area contributed by atoms with E-state index >= 15 is 0 Å². The number of unbranched alkanes of at least 4 members (excludes halogenated alkanes) is 34. The van der Waals surface area contributed by atoms with Crippen LogP contribution >= 0.6 is 15.6 Å². The second-order valence-electron chi connectivity index (χ2n) is 27.0. The molecule has 0 aliphatic carbocycles. The monoisotopic (exact) mass is 1480 g/mol. The van der Waals surface area contributed by atoms with Crippen LogP contribution in [0.4, 0.5) is 0 Å². The molecule has 590 valence electrons. The molecule has 0 aromatic rings. The number of rotatable bonds is 76. The minimum Gasteiger partial charge on any atom is -0.462 e. The van der Waals surface area contributed by atoms with Gasteiger partial charge in [-0.3, -0.25) is 37.3 Å². The van der Waals surface area contributed by atoms with Crippen LogP contribution in [-0.4, -0.2) is 96.7 Å². The fourth-order valence-corrected chi connectivity index (χ4v) is 12.4. The number of hydrogen-bond acceptors (Lipinski definition) is 15. The highest BCUT2D eigenvalue weighted by Gasteiger charge is 2.30. The summed E-state index contributed by atoms with van der Waals surface area (Å²) in [5.74, 6) is -2.19. The number of carbonyl (C=O) groups is 4. The SMILES string of the molecule is CC/C=C\C/C=C\C/C=C\CCCCCCCCCC(=O)OC(COC(=O)CCCCCCCC/C=C\C/C=C\C/C=C\CCCCC)COP(=O)(O)OCC(O)COP(=O)(O)OCC(COC(=O)CCCCCCC/C=C\C/C=C\CCCCC)OC(=O)CCCCCCCCCCCCC. The number of esters is 4. The molecule has 0 aromatic heterocycles. The van der Waals surface area contributed by atoms with E-state index in [0.29, 0.717) is 25.7 Å². The zero-order chi connectivity index (χ0) is 74.6. The number of carbonyl (C=O) groups excluding carboxylic acids is 4. The van der Waals surface area contributed by atoms with Crippen LogP contribution in [0, 0.1) is 0 Å². The summed E-state index contributed by atoms with van der Waals surface area (Å²) >= 11 is 0. The molecule has 0 bridgehead atoms. The molecule has 0 radical (unpaired) electrons.